The molecule has 8 nitrogen and oxygen atoms in total. The number of amides is 1. The van der Waals surface area contributed by atoms with E-state index in [1.807, 2.05) is 30.5 Å². The average Bonchev–Trinajstić information content (AvgIpc) is 3.53. The fourth-order valence-corrected chi connectivity index (χ4v) is 7.29. The van der Waals surface area contributed by atoms with Gasteiger partial charge in [-0.2, -0.15) is 0 Å². The van der Waals surface area contributed by atoms with Gasteiger partial charge in [0, 0.05) is 36.2 Å². The Bertz CT molecular complexity index is 1360. The van der Waals surface area contributed by atoms with Crippen molar-refractivity contribution in [3.8, 4) is 11.1 Å². The molecule has 2 saturated heterocycles. The van der Waals surface area contributed by atoms with E-state index in [9.17, 15) is 13.2 Å². The first-order chi connectivity index (χ1) is 18.3. The standard InChI is InChI=1S/C29H38N4O4S/c1-32-11-5-8-25(32)20-37-14-15-38(35,36)33-12-9-22(10-13-33)27-19-31-29-24(18-28(30)34)16-23(17-26(27)29)21-6-3-2-4-7-21/h2-4,6-7,16-17,19,22,25,31H,5,8-15,18,20H2,1H3,(H2,30,34)/t25-/m0/s1. The number of aromatic nitrogens is 1. The van der Waals surface area contributed by atoms with Gasteiger partial charge in [0.15, 0.2) is 0 Å². The molecule has 2 aliphatic rings. The molecule has 3 heterocycles. The molecule has 0 radical (unpaired) electrons. The second-order valence-corrected chi connectivity index (χ2v) is 12.7. The summed E-state index contributed by atoms with van der Waals surface area (Å²) in [6, 6.07) is 14.7. The molecule has 3 N–H and O–H groups in total. The van der Waals surface area contributed by atoms with Crippen molar-refractivity contribution in [2.75, 3.05) is 45.6 Å². The van der Waals surface area contributed by atoms with Crippen LogP contribution in [0, 0.1) is 0 Å². The molecular weight excluding hydrogens is 500 g/mol. The quantitative estimate of drug-likeness (QED) is 0.384. The Morgan fingerprint density at radius 2 is 1.84 bits per heavy atom. The predicted octanol–water partition coefficient (Wildman–Crippen LogP) is 3.48. The van der Waals surface area contributed by atoms with Crippen LogP contribution in [-0.4, -0.2) is 80.2 Å². The van der Waals surface area contributed by atoms with Gasteiger partial charge >= 0.3 is 0 Å². The Balaban J connectivity index is 1.26. The van der Waals surface area contributed by atoms with Gasteiger partial charge in [-0.25, -0.2) is 12.7 Å². The number of ether oxygens (including phenoxy) is 1. The number of nitrogens with zero attached hydrogens (tertiary/aromatic N) is 2. The highest BCUT2D eigenvalue weighted by Crippen LogP contribution is 2.37. The topological polar surface area (TPSA) is 109 Å². The summed E-state index contributed by atoms with van der Waals surface area (Å²) in [4.78, 5) is 17.5. The van der Waals surface area contributed by atoms with Crippen LogP contribution in [-0.2, 0) is 26.0 Å². The summed E-state index contributed by atoms with van der Waals surface area (Å²) in [6.45, 7) is 2.91. The van der Waals surface area contributed by atoms with Crippen LogP contribution in [0.4, 0.5) is 0 Å². The number of carbonyl (C=O) groups excluding carboxylic acids is 1. The zero-order valence-electron chi connectivity index (χ0n) is 22.1. The lowest BCUT2D eigenvalue weighted by molar-refractivity contribution is -0.117. The minimum atomic E-state index is -3.35. The lowest BCUT2D eigenvalue weighted by atomic mass is 9.88. The second-order valence-electron chi connectivity index (χ2n) is 10.7. The molecule has 0 bridgehead atoms. The van der Waals surface area contributed by atoms with E-state index in [0.717, 1.165) is 53.4 Å². The number of likely N-dealkylation sites (N-methyl/N-ethyl adjacent to an activating group) is 1. The maximum atomic E-state index is 13.0. The van der Waals surface area contributed by atoms with Crippen molar-refractivity contribution in [1.29, 1.82) is 0 Å². The third kappa shape index (κ3) is 5.96. The van der Waals surface area contributed by atoms with Gasteiger partial charge in [-0.1, -0.05) is 30.3 Å². The Hall–Kier alpha value is -2.72. The van der Waals surface area contributed by atoms with Gasteiger partial charge in [-0.15, -0.1) is 0 Å². The van der Waals surface area contributed by atoms with Crippen molar-refractivity contribution in [1.82, 2.24) is 14.2 Å². The number of hydrogen-bond acceptors (Lipinski definition) is 5. The van der Waals surface area contributed by atoms with E-state index in [1.54, 1.807) is 4.31 Å². The smallest absolute Gasteiger partial charge is 0.221 e. The van der Waals surface area contributed by atoms with E-state index in [2.05, 4.69) is 35.1 Å². The monoisotopic (exact) mass is 538 g/mol. The van der Waals surface area contributed by atoms with Crippen LogP contribution in [0.15, 0.2) is 48.7 Å². The highest BCUT2D eigenvalue weighted by Gasteiger charge is 2.30. The summed E-state index contributed by atoms with van der Waals surface area (Å²) >= 11 is 0. The highest BCUT2D eigenvalue weighted by molar-refractivity contribution is 7.89. The number of sulfonamides is 1. The Morgan fingerprint density at radius 3 is 2.53 bits per heavy atom. The first-order valence-corrected chi connectivity index (χ1v) is 15.2. The number of fused-ring (bicyclic) bond motifs is 1. The Morgan fingerprint density at radius 1 is 1.08 bits per heavy atom. The number of benzene rings is 2. The van der Waals surface area contributed by atoms with Gasteiger partial charge in [-0.05, 0) is 79.6 Å². The SMILES string of the molecule is CN1CCC[C@H]1COCCS(=O)(=O)N1CCC(c2c[nH]c3c(CC(N)=O)cc(-c4ccccc4)cc23)CC1. The Labute approximate surface area is 225 Å². The number of nitrogens with two attached hydrogens (primary N) is 1. The number of carbonyl (C=O) groups is 1. The zero-order chi connectivity index (χ0) is 26.7. The third-order valence-corrected chi connectivity index (χ3v) is 9.96. The summed E-state index contributed by atoms with van der Waals surface area (Å²) in [7, 11) is -1.26. The average molecular weight is 539 g/mol. The van der Waals surface area contributed by atoms with E-state index in [-0.39, 0.29) is 30.6 Å². The molecule has 5 rings (SSSR count). The zero-order valence-corrected chi connectivity index (χ0v) is 22.9. The lowest BCUT2D eigenvalue weighted by Gasteiger charge is -2.31. The molecule has 9 heteroatoms. The fourth-order valence-electron chi connectivity index (χ4n) is 5.94. The van der Waals surface area contributed by atoms with Crippen LogP contribution in [0.5, 0.6) is 0 Å². The fraction of sp³-hybridized carbons (Fsp3) is 0.483. The molecule has 0 aliphatic carbocycles. The van der Waals surface area contributed by atoms with Gasteiger partial charge in [0.05, 0.1) is 25.4 Å². The molecule has 2 fully saturated rings. The molecule has 0 spiro atoms. The molecule has 0 saturated carbocycles. The van der Waals surface area contributed by atoms with E-state index >= 15 is 0 Å². The lowest BCUT2D eigenvalue weighted by Crippen LogP contribution is -2.40. The number of nitrogens with one attached hydrogen (secondary N) is 1. The van der Waals surface area contributed by atoms with Crippen molar-refractivity contribution in [3.05, 3.63) is 59.8 Å². The molecule has 0 unspecified atom stereocenters. The van der Waals surface area contributed by atoms with E-state index in [0.29, 0.717) is 25.7 Å². The van der Waals surface area contributed by atoms with Crippen molar-refractivity contribution in [2.45, 2.75) is 44.1 Å². The third-order valence-electron chi connectivity index (χ3n) is 8.13. The minimum Gasteiger partial charge on any atom is -0.379 e. The van der Waals surface area contributed by atoms with Crippen LogP contribution >= 0.6 is 0 Å². The normalized spacial score (nSPS) is 19.9. The van der Waals surface area contributed by atoms with Crippen LogP contribution in [0.2, 0.25) is 0 Å². The number of H-pyrrole nitrogens is 1. The van der Waals surface area contributed by atoms with Crippen LogP contribution < -0.4 is 5.73 Å². The number of hydrogen-bond donors (Lipinski definition) is 2. The molecule has 38 heavy (non-hydrogen) atoms. The largest absolute Gasteiger partial charge is 0.379 e. The summed E-state index contributed by atoms with van der Waals surface area (Å²) in [5.74, 6) is -0.111. The van der Waals surface area contributed by atoms with Gasteiger partial charge in [0.1, 0.15) is 0 Å². The molecule has 204 valence electrons. The van der Waals surface area contributed by atoms with Gasteiger partial charge < -0.3 is 20.4 Å². The molecule has 1 aromatic heterocycles. The molecule has 2 aromatic carbocycles. The van der Waals surface area contributed by atoms with Gasteiger partial charge in [0.2, 0.25) is 15.9 Å². The van der Waals surface area contributed by atoms with Crippen LogP contribution in [0.25, 0.3) is 22.0 Å². The van der Waals surface area contributed by atoms with Crippen LogP contribution in [0.1, 0.15) is 42.7 Å². The maximum Gasteiger partial charge on any atom is 0.221 e. The number of likely N-dealkylation sites (tertiary alicyclic amines) is 1. The number of aromatic amines is 1. The molecule has 3 aromatic rings. The number of primary amides is 1. The number of piperidine rings is 1. The van der Waals surface area contributed by atoms with Gasteiger partial charge in [-0.3, -0.25) is 4.79 Å². The summed E-state index contributed by atoms with van der Waals surface area (Å²) in [5.41, 5.74) is 10.7. The van der Waals surface area contributed by atoms with Gasteiger partial charge in [0.25, 0.3) is 0 Å². The summed E-state index contributed by atoms with van der Waals surface area (Å²) in [6.07, 6.45) is 5.97. The second kappa shape index (κ2) is 11.6. The van der Waals surface area contributed by atoms with Crippen molar-refractivity contribution in [3.63, 3.8) is 0 Å². The van der Waals surface area contributed by atoms with E-state index < -0.39 is 10.0 Å². The van der Waals surface area contributed by atoms with Crippen LogP contribution in [0.3, 0.4) is 0 Å². The minimum absolute atomic E-state index is 0.0259. The van der Waals surface area contributed by atoms with E-state index in [4.69, 9.17) is 10.5 Å². The first-order valence-electron chi connectivity index (χ1n) is 13.6. The molecule has 2 aliphatic heterocycles. The Kier molecular flexibility index (Phi) is 8.18. The summed E-state index contributed by atoms with van der Waals surface area (Å²) in [5, 5.41) is 1.08. The molecule has 1 atom stereocenters. The number of rotatable bonds is 10. The van der Waals surface area contributed by atoms with Crippen molar-refractivity contribution < 1.29 is 17.9 Å². The van der Waals surface area contributed by atoms with Crippen molar-refractivity contribution in [2.24, 2.45) is 5.73 Å². The van der Waals surface area contributed by atoms with E-state index in [1.165, 1.54) is 12.0 Å². The summed E-state index contributed by atoms with van der Waals surface area (Å²) < 4.78 is 33.3. The highest BCUT2D eigenvalue weighted by atomic mass is 32.2. The maximum absolute atomic E-state index is 13.0. The molecule has 1 amide bonds. The van der Waals surface area contributed by atoms with Crippen molar-refractivity contribution >= 4 is 26.8 Å². The predicted molar refractivity (Wildman–Crippen MR) is 150 cm³/mol. The molecular formula is C29H38N4O4S. The first kappa shape index (κ1) is 26.9.